The highest BCUT2D eigenvalue weighted by Gasteiger charge is 2.24. The second-order valence-corrected chi connectivity index (χ2v) is 8.31. The Hall–Kier alpha value is -2.49. The molecule has 1 saturated carbocycles. The summed E-state index contributed by atoms with van der Waals surface area (Å²) in [5.41, 5.74) is 0. The zero-order valence-corrected chi connectivity index (χ0v) is 18.3. The Bertz CT molecular complexity index is 866. The molecule has 1 atom stereocenters. The van der Waals surface area contributed by atoms with Gasteiger partial charge in [0.2, 0.25) is 0 Å². The first-order valence-corrected chi connectivity index (χ1v) is 11.0. The van der Waals surface area contributed by atoms with Crippen molar-refractivity contribution in [1.29, 1.82) is 0 Å². The summed E-state index contributed by atoms with van der Waals surface area (Å²) in [7, 11) is 3.65. The first kappa shape index (κ1) is 20.8. The largest absolute Gasteiger partial charge is 0.377 e. The molecule has 0 aromatic carbocycles. The number of aryl methyl sites for hydroxylation is 2. The van der Waals surface area contributed by atoms with Gasteiger partial charge in [-0.1, -0.05) is 19.3 Å². The van der Waals surface area contributed by atoms with E-state index in [0.29, 0.717) is 19.2 Å². The molecule has 0 amide bonds. The third-order valence-electron chi connectivity index (χ3n) is 6.02. The number of hydrogen-bond donors (Lipinski definition) is 2. The van der Waals surface area contributed by atoms with Gasteiger partial charge in [-0.25, -0.2) is 14.7 Å². The van der Waals surface area contributed by atoms with Gasteiger partial charge in [0.25, 0.3) is 0 Å². The van der Waals surface area contributed by atoms with Gasteiger partial charge in [-0.3, -0.25) is 0 Å². The fourth-order valence-electron chi connectivity index (χ4n) is 4.17. The van der Waals surface area contributed by atoms with E-state index in [4.69, 9.17) is 9.73 Å². The van der Waals surface area contributed by atoms with E-state index in [1.165, 1.54) is 32.1 Å². The Labute approximate surface area is 177 Å². The highest BCUT2D eigenvalue weighted by atomic mass is 16.5. The van der Waals surface area contributed by atoms with Gasteiger partial charge in [0, 0.05) is 32.7 Å². The molecule has 4 rings (SSSR count). The lowest BCUT2D eigenvalue weighted by Gasteiger charge is -2.29. The first-order valence-electron chi connectivity index (χ1n) is 11.0. The van der Waals surface area contributed by atoms with E-state index in [2.05, 4.69) is 30.9 Å². The van der Waals surface area contributed by atoms with Crippen LogP contribution in [-0.2, 0) is 37.9 Å². The third-order valence-corrected chi connectivity index (χ3v) is 6.02. The van der Waals surface area contributed by atoms with Gasteiger partial charge in [0.15, 0.2) is 17.6 Å². The summed E-state index contributed by atoms with van der Waals surface area (Å²) in [6.07, 6.45) is 8.18. The maximum atomic E-state index is 5.17. The molecular weight excluding hydrogens is 382 g/mol. The fourth-order valence-corrected chi connectivity index (χ4v) is 4.17. The molecular formula is C20H33N9O. The fraction of sp³-hybridized carbons (Fsp3) is 0.750. The van der Waals surface area contributed by atoms with E-state index in [1.807, 2.05) is 23.2 Å². The van der Waals surface area contributed by atoms with Crippen LogP contribution in [0.15, 0.2) is 4.99 Å². The summed E-state index contributed by atoms with van der Waals surface area (Å²) < 4.78 is 9.16. The van der Waals surface area contributed by atoms with Gasteiger partial charge >= 0.3 is 0 Å². The van der Waals surface area contributed by atoms with Crippen LogP contribution >= 0.6 is 0 Å². The van der Waals surface area contributed by atoms with Gasteiger partial charge in [0.1, 0.15) is 24.8 Å². The maximum absolute atomic E-state index is 5.17. The second-order valence-electron chi connectivity index (χ2n) is 8.31. The lowest BCUT2D eigenvalue weighted by Crippen LogP contribution is -2.50. The van der Waals surface area contributed by atoms with Crippen molar-refractivity contribution >= 4 is 5.96 Å². The lowest BCUT2D eigenvalue weighted by atomic mass is 9.96. The first-order chi connectivity index (χ1) is 14.6. The minimum Gasteiger partial charge on any atom is -0.377 e. The van der Waals surface area contributed by atoms with Crippen molar-refractivity contribution in [1.82, 2.24) is 40.2 Å². The summed E-state index contributed by atoms with van der Waals surface area (Å²) in [6.45, 7) is 3.68. The molecule has 164 valence electrons. The van der Waals surface area contributed by atoms with E-state index < -0.39 is 0 Å². The smallest absolute Gasteiger partial charge is 0.192 e. The van der Waals surface area contributed by atoms with Crippen LogP contribution in [0.4, 0.5) is 0 Å². The molecule has 1 aliphatic carbocycles. The number of nitrogens with one attached hydrogen (secondary N) is 2. The van der Waals surface area contributed by atoms with Gasteiger partial charge in [0.05, 0.1) is 6.54 Å². The summed E-state index contributed by atoms with van der Waals surface area (Å²) in [6, 6.07) is 0.732. The van der Waals surface area contributed by atoms with Crippen molar-refractivity contribution in [2.24, 2.45) is 12.0 Å². The molecule has 0 saturated heterocycles. The number of guanidine groups is 1. The Balaban J connectivity index is 1.44. The van der Waals surface area contributed by atoms with Crippen molar-refractivity contribution < 1.29 is 4.74 Å². The molecule has 30 heavy (non-hydrogen) atoms. The second kappa shape index (κ2) is 9.55. The molecule has 10 heteroatoms. The molecule has 1 fully saturated rings. The molecule has 0 bridgehead atoms. The molecule has 2 N–H and O–H groups in total. The Kier molecular flexibility index (Phi) is 6.61. The molecule has 10 nitrogen and oxygen atoms in total. The van der Waals surface area contributed by atoms with Crippen LogP contribution < -0.4 is 10.6 Å². The molecule has 2 aliphatic rings. The van der Waals surface area contributed by atoms with Crippen molar-refractivity contribution in [2.45, 2.75) is 83.6 Å². The van der Waals surface area contributed by atoms with Crippen LogP contribution in [0.3, 0.4) is 0 Å². The maximum Gasteiger partial charge on any atom is 0.192 e. The third kappa shape index (κ3) is 4.97. The van der Waals surface area contributed by atoms with Crippen LogP contribution in [0.25, 0.3) is 0 Å². The summed E-state index contributed by atoms with van der Waals surface area (Å²) in [4.78, 5) is 9.42. The predicted octanol–water partition coefficient (Wildman–Crippen LogP) is 1.24. The number of nitrogens with zero attached hydrogens (tertiary/aromatic N) is 7. The van der Waals surface area contributed by atoms with Gasteiger partial charge < -0.3 is 19.9 Å². The SMILES string of the molecule is COCc1nc2n(n1)CC(NC(=NCc1nnc(C)n1C)NC1CCCCC1)CC2. The van der Waals surface area contributed by atoms with E-state index in [-0.39, 0.29) is 6.04 Å². The number of ether oxygens (including phenoxy) is 1. The number of rotatable bonds is 6. The Morgan fingerprint density at radius 1 is 1.13 bits per heavy atom. The van der Waals surface area contributed by atoms with E-state index >= 15 is 0 Å². The highest BCUT2D eigenvalue weighted by molar-refractivity contribution is 5.80. The Morgan fingerprint density at radius 3 is 2.67 bits per heavy atom. The molecule has 3 heterocycles. The van der Waals surface area contributed by atoms with Crippen molar-refractivity contribution in [2.75, 3.05) is 7.11 Å². The average Bonchev–Trinajstić information content (AvgIpc) is 3.29. The summed E-state index contributed by atoms with van der Waals surface area (Å²) in [5, 5.41) is 20.3. The summed E-state index contributed by atoms with van der Waals surface area (Å²) >= 11 is 0. The number of aromatic nitrogens is 6. The van der Waals surface area contributed by atoms with Crippen molar-refractivity contribution in [3.05, 3.63) is 23.3 Å². The number of methoxy groups -OCH3 is 1. The van der Waals surface area contributed by atoms with E-state index in [9.17, 15) is 0 Å². The van der Waals surface area contributed by atoms with Gasteiger partial charge in [-0.05, 0) is 26.2 Å². The zero-order chi connectivity index (χ0) is 20.9. The topological polar surface area (TPSA) is 107 Å². The van der Waals surface area contributed by atoms with Crippen LogP contribution in [-0.4, -0.2) is 54.7 Å². The molecule has 2 aromatic rings. The van der Waals surface area contributed by atoms with Crippen LogP contribution in [0.1, 0.15) is 61.8 Å². The standard InChI is InChI=1S/C20H33N9O/c1-14-25-26-19(28(14)2)11-21-20(22-15-7-5-4-6-8-15)23-16-9-10-18-24-17(13-30-3)27-29(18)12-16/h15-16H,4-13H2,1-3H3,(H2,21,22,23). The monoisotopic (exact) mass is 415 g/mol. The van der Waals surface area contributed by atoms with Crippen LogP contribution in [0.5, 0.6) is 0 Å². The number of aliphatic imine (C=N–C) groups is 1. The van der Waals surface area contributed by atoms with Gasteiger partial charge in [-0.15, -0.1) is 10.2 Å². The highest BCUT2D eigenvalue weighted by Crippen LogP contribution is 2.18. The number of fused-ring (bicyclic) bond motifs is 1. The molecule has 0 radical (unpaired) electrons. The van der Waals surface area contributed by atoms with Crippen LogP contribution in [0, 0.1) is 6.92 Å². The van der Waals surface area contributed by atoms with E-state index in [1.54, 1.807) is 7.11 Å². The molecule has 1 aliphatic heterocycles. The average molecular weight is 416 g/mol. The minimum absolute atomic E-state index is 0.255. The van der Waals surface area contributed by atoms with Crippen LogP contribution in [0.2, 0.25) is 0 Å². The van der Waals surface area contributed by atoms with E-state index in [0.717, 1.165) is 48.6 Å². The molecule has 2 aromatic heterocycles. The normalized spacial score (nSPS) is 20.2. The quantitative estimate of drug-likeness (QED) is 0.540. The number of hydrogen-bond acceptors (Lipinski definition) is 6. The lowest BCUT2D eigenvalue weighted by molar-refractivity contribution is 0.177. The minimum atomic E-state index is 0.255. The summed E-state index contributed by atoms with van der Waals surface area (Å²) in [5.74, 6) is 4.40. The predicted molar refractivity (Wildman–Crippen MR) is 113 cm³/mol. The Morgan fingerprint density at radius 2 is 1.93 bits per heavy atom. The van der Waals surface area contributed by atoms with Gasteiger partial charge in [-0.2, -0.15) is 5.10 Å². The molecule has 1 unspecified atom stereocenters. The van der Waals surface area contributed by atoms with Crippen molar-refractivity contribution in [3.8, 4) is 0 Å². The molecule has 0 spiro atoms. The zero-order valence-electron chi connectivity index (χ0n) is 18.3. The van der Waals surface area contributed by atoms with Crippen molar-refractivity contribution in [3.63, 3.8) is 0 Å².